The molecule has 29 heavy (non-hydrogen) atoms. The maximum Gasteiger partial charge on any atom is 0.233 e. The Morgan fingerprint density at radius 2 is 2.14 bits per heavy atom. The second kappa shape index (κ2) is 9.28. The van der Waals surface area contributed by atoms with E-state index < -0.39 is 0 Å². The van der Waals surface area contributed by atoms with Crippen LogP contribution in [0.1, 0.15) is 25.3 Å². The van der Waals surface area contributed by atoms with Crippen LogP contribution in [-0.4, -0.2) is 45.2 Å². The van der Waals surface area contributed by atoms with Gasteiger partial charge in [0.25, 0.3) is 0 Å². The van der Waals surface area contributed by atoms with Crippen LogP contribution in [0, 0.1) is 0 Å². The number of amides is 1. The lowest BCUT2D eigenvalue weighted by Crippen LogP contribution is -2.36. The topological polar surface area (TPSA) is 82.2 Å². The quantitative estimate of drug-likeness (QED) is 0.571. The van der Waals surface area contributed by atoms with Crippen molar-refractivity contribution in [3.63, 3.8) is 0 Å². The SMILES string of the molecule is C[C@H](Sc1nnc(-c2ccco2)n1Cc1ccccc1)C(=O)NC[C@H]1CCCO1. The summed E-state index contributed by atoms with van der Waals surface area (Å²) in [5.41, 5.74) is 1.12. The fourth-order valence-electron chi connectivity index (χ4n) is 3.25. The smallest absolute Gasteiger partial charge is 0.233 e. The van der Waals surface area contributed by atoms with Crippen LogP contribution in [0.25, 0.3) is 11.6 Å². The Morgan fingerprint density at radius 1 is 1.28 bits per heavy atom. The molecule has 1 fully saturated rings. The van der Waals surface area contributed by atoms with E-state index in [9.17, 15) is 4.79 Å². The molecule has 2 aromatic heterocycles. The van der Waals surface area contributed by atoms with Crippen LogP contribution < -0.4 is 5.32 Å². The van der Waals surface area contributed by atoms with E-state index in [0.717, 1.165) is 25.0 Å². The van der Waals surface area contributed by atoms with E-state index in [1.54, 1.807) is 6.26 Å². The number of hydrogen-bond acceptors (Lipinski definition) is 6. The molecular weight excluding hydrogens is 388 g/mol. The number of hydrogen-bond donors (Lipinski definition) is 1. The van der Waals surface area contributed by atoms with Crippen molar-refractivity contribution in [1.82, 2.24) is 20.1 Å². The molecular formula is C21H24N4O3S. The Hall–Kier alpha value is -2.58. The van der Waals surface area contributed by atoms with E-state index in [1.807, 2.05) is 41.8 Å². The van der Waals surface area contributed by atoms with Gasteiger partial charge in [0.05, 0.1) is 24.2 Å². The van der Waals surface area contributed by atoms with Gasteiger partial charge in [-0.3, -0.25) is 9.36 Å². The number of aromatic nitrogens is 3. The summed E-state index contributed by atoms with van der Waals surface area (Å²) in [6, 6.07) is 13.8. The van der Waals surface area contributed by atoms with Crippen molar-refractivity contribution >= 4 is 17.7 Å². The summed E-state index contributed by atoms with van der Waals surface area (Å²) in [4.78, 5) is 12.5. The number of furan rings is 1. The normalized spacial score (nSPS) is 17.3. The zero-order valence-corrected chi connectivity index (χ0v) is 17.1. The minimum atomic E-state index is -0.306. The Balaban J connectivity index is 1.49. The number of ether oxygens (including phenoxy) is 1. The molecule has 3 aromatic rings. The first-order valence-corrected chi connectivity index (χ1v) is 10.7. The number of thioether (sulfide) groups is 1. The Kier molecular flexibility index (Phi) is 6.31. The molecule has 4 rings (SSSR count). The molecule has 0 unspecified atom stereocenters. The van der Waals surface area contributed by atoms with Crippen molar-refractivity contribution in [2.75, 3.05) is 13.2 Å². The fraction of sp³-hybridized carbons (Fsp3) is 0.381. The van der Waals surface area contributed by atoms with E-state index in [2.05, 4.69) is 27.6 Å². The number of nitrogens with one attached hydrogen (secondary N) is 1. The summed E-state index contributed by atoms with van der Waals surface area (Å²) in [6.07, 6.45) is 3.80. The van der Waals surface area contributed by atoms with E-state index in [-0.39, 0.29) is 17.3 Å². The first-order valence-electron chi connectivity index (χ1n) is 9.77. The Morgan fingerprint density at radius 3 is 2.86 bits per heavy atom. The molecule has 1 N–H and O–H groups in total. The molecule has 0 bridgehead atoms. The molecule has 0 radical (unpaired) electrons. The molecule has 7 nitrogen and oxygen atoms in total. The maximum atomic E-state index is 12.5. The van der Waals surface area contributed by atoms with Gasteiger partial charge in [-0.1, -0.05) is 42.1 Å². The van der Waals surface area contributed by atoms with Gasteiger partial charge in [0.1, 0.15) is 0 Å². The highest BCUT2D eigenvalue weighted by Gasteiger charge is 2.23. The van der Waals surface area contributed by atoms with Gasteiger partial charge in [0, 0.05) is 13.2 Å². The third-order valence-electron chi connectivity index (χ3n) is 4.82. The van der Waals surface area contributed by atoms with Gasteiger partial charge < -0.3 is 14.5 Å². The van der Waals surface area contributed by atoms with Gasteiger partial charge in [0.2, 0.25) is 11.7 Å². The van der Waals surface area contributed by atoms with Crippen LogP contribution >= 0.6 is 11.8 Å². The predicted octanol–water partition coefficient (Wildman–Crippen LogP) is 3.36. The van der Waals surface area contributed by atoms with E-state index in [0.29, 0.717) is 29.8 Å². The lowest BCUT2D eigenvalue weighted by Gasteiger charge is -2.15. The standard InChI is InChI=1S/C21H24N4O3S/c1-15(20(26)22-13-17-9-5-11-27-17)29-21-24-23-19(18-10-6-12-28-18)25(21)14-16-7-3-2-4-8-16/h2-4,6-8,10,12,15,17H,5,9,11,13-14H2,1H3,(H,22,26)/t15-,17+/m0/s1. The Bertz CT molecular complexity index is 921. The highest BCUT2D eigenvalue weighted by molar-refractivity contribution is 8.00. The number of carbonyl (C=O) groups excluding carboxylic acids is 1. The van der Waals surface area contributed by atoms with Crippen LogP contribution in [0.2, 0.25) is 0 Å². The van der Waals surface area contributed by atoms with Crippen LogP contribution in [0.15, 0.2) is 58.3 Å². The zero-order valence-electron chi connectivity index (χ0n) is 16.3. The van der Waals surface area contributed by atoms with Crippen LogP contribution in [0.4, 0.5) is 0 Å². The molecule has 1 aromatic carbocycles. The molecule has 1 saturated heterocycles. The molecule has 3 heterocycles. The molecule has 0 spiro atoms. The highest BCUT2D eigenvalue weighted by atomic mass is 32.2. The van der Waals surface area contributed by atoms with Crippen molar-refractivity contribution in [2.24, 2.45) is 0 Å². The van der Waals surface area contributed by atoms with Crippen molar-refractivity contribution < 1.29 is 13.9 Å². The molecule has 152 valence electrons. The summed E-state index contributed by atoms with van der Waals surface area (Å²) < 4.78 is 13.1. The van der Waals surface area contributed by atoms with Gasteiger partial charge in [0.15, 0.2) is 10.9 Å². The molecule has 2 atom stereocenters. The molecule has 8 heteroatoms. The average Bonchev–Trinajstić information content (AvgIpc) is 3.50. The van der Waals surface area contributed by atoms with Crippen molar-refractivity contribution in [3.8, 4) is 11.6 Å². The number of nitrogens with zero attached hydrogens (tertiary/aromatic N) is 3. The molecule has 1 aliphatic heterocycles. The number of benzene rings is 1. The molecule has 0 aliphatic carbocycles. The minimum Gasteiger partial charge on any atom is -0.461 e. The minimum absolute atomic E-state index is 0.0284. The monoisotopic (exact) mass is 412 g/mol. The highest BCUT2D eigenvalue weighted by Crippen LogP contribution is 2.28. The van der Waals surface area contributed by atoms with E-state index in [4.69, 9.17) is 9.15 Å². The van der Waals surface area contributed by atoms with Crippen molar-refractivity contribution in [1.29, 1.82) is 0 Å². The third-order valence-corrected chi connectivity index (χ3v) is 5.90. The summed E-state index contributed by atoms with van der Waals surface area (Å²) in [5.74, 6) is 1.27. The number of carbonyl (C=O) groups is 1. The van der Waals surface area contributed by atoms with E-state index >= 15 is 0 Å². The summed E-state index contributed by atoms with van der Waals surface area (Å²) in [5, 5.41) is 12.0. The molecule has 1 aliphatic rings. The van der Waals surface area contributed by atoms with E-state index in [1.165, 1.54) is 11.8 Å². The lowest BCUT2D eigenvalue weighted by atomic mass is 10.2. The van der Waals surface area contributed by atoms with Gasteiger partial charge in [-0.05, 0) is 37.5 Å². The van der Waals surface area contributed by atoms with Crippen LogP contribution in [0.3, 0.4) is 0 Å². The molecule has 1 amide bonds. The molecule has 0 saturated carbocycles. The largest absolute Gasteiger partial charge is 0.461 e. The van der Waals surface area contributed by atoms with Crippen molar-refractivity contribution in [2.45, 2.75) is 42.8 Å². The van der Waals surface area contributed by atoms with Gasteiger partial charge >= 0.3 is 0 Å². The first kappa shape index (κ1) is 19.7. The van der Waals surface area contributed by atoms with Crippen molar-refractivity contribution in [3.05, 3.63) is 54.3 Å². The second-order valence-electron chi connectivity index (χ2n) is 7.00. The summed E-state index contributed by atoms with van der Waals surface area (Å²) >= 11 is 1.39. The lowest BCUT2D eigenvalue weighted by molar-refractivity contribution is -0.120. The van der Waals surface area contributed by atoms with Crippen LogP contribution in [-0.2, 0) is 16.1 Å². The summed E-state index contributed by atoms with van der Waals surface area (Å²) in [7, 11) is 0. The van der Waals surface area contributed by atoms with Gasteiger partial charge in [-0.15, -0.1) is 10.2 Å². The third kappa shape index (κ3) is 4.89. The van der Waals surface area contributed by atoms with Crippen LogP contribution in [0.5, 0.6) is 0 Å². The predicted molar refractivity (Wildman–Crippen MR) is 111 cm³/mol. The average molecular weight is 413 g/mol. The van der Waals surface area contributed by atoms with Gasteiger partial charge in [-0.25, -0.2) is 0 Å². The maximum absolute atomic E-state index is 12.5. The van der Waals surface area contributed by atoms with Gasteiger partial charge in [-0.2, -0.15) is 0 Å². The summed E-state index contributed by atoms with van der Waals surface area (Å²) in [6.45, 7) is 3.81. The number of rotatable bonds is 8. The fourth-order valence-corrected chi connectivity index (χ4v) is 4.12. The zero-order chi connectivity index (χ0) is 20.1. The Labute approximate surface area is 173 Å². The first-order chi connectivity index (χ1) is 14.2. The second-order valence-corrected chi connectivity index (χ2v) is 8.30.